The van der Waals surface area contributed by atoms with Crippen LogP contribution in [0.25, 0.3) is 143 Å². The summed E-state index contributed by atoms with van der Waals surface area (Å²) in [6, 6.07) is 79.3. The average Bonchev–Trinajstić information content (AvgIpc) is 3.87. The largest absolute Gasteiger partial charge is 0.192 e. The SMILES string of the molecule is N#Cc1ccccc1-c1ccccc1-c1cc2c3cc4c(cc3c(-c3ccccc3-c3ccccc3C#N)cc2c2cc3c(cc12)-c1cccc2cccc-3c12)-c1cccc2cccc-4c12. The first kappa shape index (κ1) is 36.4. The summed E-state index contributed by atoms with van der Waals surface area (Å²) in [5.74, 6) is 0. The first-order chi connectivity index (χ1) is 32.7. The first-order valence-corrected chi connectivity index (χ1v) is 22.4. The maximum atomic E-state index is 10.4. The molecule has 2 nitrogen and oxygen atoms in total. The van der Waals surface area contributed by atoms with Gasteiger partial charge in [0.1, 0.15) is 0 Å². The fourth-order valence-corrected chi connectivity index (χ4v) is 11.6. The molecule has 0 saturated heterocycles. The Morgan fingerprint density at radius 1 is 0.212 bits per heavy atom. The highest BCUT2D eigenvalue weighted by Gasteiger charge is 2.28. The second-order valence-electron chi connectivity index (χ2n) is 17.7. The van der Waals surface area contributed by atoms with Gasteiger partial charge in [-0.2, -0.15) is 10.5 Å². The van der Waals surface area contributed by atoms with Crippen LogP contribution >= 0.6 is 0 Å². The molecule has 12 aromatic rings. The molecule has 14 rings (SSSR count). The van der Waals surface area contributed by atoms with Gasteiger partial charge in [-0.15, -0.1) is 0 Å². The topological polar surface area (TPSA) is 47.6 Å². The molecule has 0 radical (unpaired) electrons. The molecule has 2 aliphatic rings. The summed E-state index contributed by atoms with van der Waals surface area (Å²) in [4.78, 5) is 0. The molecule has 0 spiro atoms. The molecule has 0 bridgehead atoms. The third-order valence-electron chi connectivity index (χ3n) is 14.4. The van der Waals surface area contributed by atoms with Gasteiger partial charge in [0.05, 0.1) is 23.3 Å². The van der Waals surface area contributed by atoms with Crippen LogP contribution in [-0.2, 0) is 0 Å². The van der Waals surface area contributed by atoms with Crippen molar-refractivity contribution in [3.63, 3.8) is 0 Å². The van der Waals surface area contributed by atoms with Crippen molar-refractivity contribution >= 4 is 53.9 Å². The molecule has 0 unspecified atom stereocenters. The zero-order valence-electron chi connectivity index (χ0n) is 35.5. The van der Waals surface area contributed by atoms with E-state index < -0.39 is 0 Å². The van der Waals surface area contributed by atoms with Crippen molar-refractivity contribution in [2.24, 2.45) is 0 Å². The first-order valence-electron chi connectivity index (χ1n) is 22.4. The van der Waals surface area contributed by atoms with E-state index in [1.54, 1.807) is 0 Å². The number of fused-ring (bicyclic) bond motifs is 11. The molecular weight excluding hydrogens is 797 g/mol. The predicted molar refractivity (Wildman–Crippen MR) is 274 cm³/mol. The van der Waals surface area contributed by atoms with Gasteiger partial charge in [0.25, 0.3) is 0 Å². The lowest BCUT2D eigenvalue weighted by Crippen LogP contribution is -1.94. The van der Waals surface area contributed by atoms with E-state index in [1.165, 1.54) is 76.8 Å². The van der Waals surface area contributed by atoms with Crippen LogP contribution in [0, 0.1) is 22.7 Å². The van der Waals surface area contributed by atoms with Crippen LogP contribution in [0.3, 0.4) is 0 Å². The number of hydrogen-bond acceptors (Lipinski definition) is 2. The Kier molecular flexibility index (Phi) is 7.56. The van der Waals surface area contributed by atoms with E-state index in [2.05, 4.69) is 182 Å². The highest BCUT2D eigenvalue weighted by Crippen LogP contribution is 2.55. The minimum Gasteiger partial charge on any atom is -0.192 e. The maximum Gasteiger partial charge on any atom is 0.0998 e. The van der Waals surface area contributed by atoms with E-state index in [9.17, 15) is 10.5 Å². The molecular formula is C64H34N2. The molecule has 0 saturated carbocycles. The van der Waals surface area contributed by atoms with Crippen LogP contribution < -0.4 is 0 Å². The highest BCUT2D eigenvalue weighted by molar-refractivity contribution is 6.29. The summed E-state index contributed by atoms with van der Waals surface area (Å²) >= 11 is 0. The lowest BCUT2D eigenvalue weighted by Gasteiger charge is -2.21. The molecule has 2 heteroatoms. The van der Waals surface area contributed by atoms with Crippen LogP contribution in [0.4, 0.5) is 0 Å². The van der Waals surface area contributed by atoms with E-state index in [4.69, 9.17) is 0 Å². The molecule has 66 heavy (non-hydrogen) atoms. The Labute approximate surface area is 381 Å². The van der Waals surface area contributed by atoms with E-state index >= 15 is 0 Å². The molecule has 0 N–H and O–H groups in total. The van der Waals surface area contributed by atoms with Gasteiger partial charge in [-0.25, -0.2) is 0 Å². The third-order valence-corrected chi connectivity index (χ3v) is 14.4. The van der Waals surface area contributed by atoms with Gasteiger partial charge in [-0.1, -0.05) is 158 Å². The lowest BCUT2D eigenvalue weighted by atomic mass is 9.82. The van der Waals surface area contributed by atoms with Crippen molar-refractivity contribution in [1.29, 1.82) is 10.5 Å². The number of nitrogens with zero attached hydrogens (tertiary/aromatic N) is 2. The second-order valence-corrected chi connectivity index (χ2v) is 17.7. The molecule has 0 fully saturated rings. The average molecular weight is 831 g/mol. The Morgan fingerprint density at radius 3 is 0.818 bits per heavy atom. The van der Waals surface area contributed by atoms with Crippen LogP contribution in [0.5, 0.6) is 0 Å². The Hall–Kier alpha value is -9.08. The molecule has 12 aromatic carbocycles. The minimum atomic E-state index is 0.647. The minimum absolute atomic E-state index is 0.647. The van der Waals surface area contributed by atoms with Gasteiger partial charge in [0.2, 0.25) is 0 Å². The number of rotatable bonds is 4. The highest BCUT2D eigenvalue weighted by atomic mass is 14.3. The van der Waals surface area contributed by atoms with Crippen molar-refractivity contribution in [1.82, 2.24) is 0 Å². The molecule has 300 valence electrons. The number of hydrogen-bond donors (Lipinski definition) is 0. The van der Waals surface area contributed by atoms with Crippen molar-refractivity contribution in [2.45, 2.75) is 0 Å². The summed E-state index contributed by atoms with van der Waals surface area (Å²) in [6.07, 6.45) is 0. The molecule has 0 aliphatic heterocycles. The standard InChI is InChI=1S/C64H34N2/c65-35-39-13-1-3-19-41(39)43-21-5-7-23-45(43)51-29-59-60(61-33-55-49-27-11-17-37-15-9-25-47(63(37)49)53(55)31-57(51)61)30-52(46-24-8-6-22-44(46)42-20-4-2-14-40(42)36-66)58-32-54-48-26-10-16-38-18-12-28-50(64(38)48)56(54)34-62(58)59/h1-34H. The van der Waals surface area contributed by atoms with E-state index in [0.29, 0.717) is 11.1 Å². The van der Waals surface area contributed by atoms with Gasteiger partial charge >= 0.3 is 0 Å². The van der Waals surface area contributed by atoms with E-state index in [1.807, 2.05) is 36.4 Å². The second kappa shape index (κ2) is 13.7. The number of nitriles is 2. The van der Waals surface area contributed by atoms with Crippen molar-refractivity contribution in [2.75, 3.05) is 0 Å². The van der Waals surface area contributed by atoms with Crippen LogP contribution in [-0.4, -0.2) is 0 Å². The van der Waals surface area contributed by atoms with Crippen molar-refractivity contribution in [3.8, 4) is 101 Å². The van der Waals surface area contributed by atoms with Gasteiger partial charge in [0.15, 0.2) is 0 Å². The third kappa shape index (κ3) is 4.99. The zero-order chi connectivity index (χ0) is 43.6. The van der Waals surface area contributed by atoms with Gasteiger partial charge in [-0.3, -0.25) is 0 Å². The fourth-order valence-electron chi connectivity index (χ4n) is 11.6. The quantitative estimate of drug-likeness (QED) is 0.166. The van der Waals surface area contributed by atoms with Gasteiger partial charge in [0, 0.05) is 11.1 Å². The van der Waals surface area contributed by atoms with Gasteiger partial charge < -0.3 is 0 Å². The van der Waals surface area contributed by atoms with Crippen LogP contribution in [0.1, 0.15) is 11.1 Å². The molecule has 0 aromatic heterocycles. The maximum absolute atomic E-state index is 10.4. The Balaban J connectivity index is 1.18. The zero-order valence-corrected chi connectivity index (χ0v) is 35.5. The monoisotopic (exact) mass is 830 g/mol. The Bertz CT molecular complexity index is 3970. The fraction of sp³-hybridized carbons (Fsp3) is 0. The summed E-state index contributed by atoms with van der Waals surface area (Å²) < 4.78 is 0. The van der Waals surface area contributed by atoms with E-state index in [0.717, 1.165) is 66.1 Å². The van der Waals surface area contributed by atoms with Crippen molar-refractivity contribution < 1.29 is 0 Å². The van der Waals surface area contributed by atoms with Crippen LogP contribution in [0.15, 0.2) is 206 Å². The smallest absolute Gasteiger partial charge is 0.0998 e. The molecule has 0 heterocycles. The van der Waals surface area contributed by atoms with Crippen LogP contribution in [0.2, 0.25) is 0 Å². The molecule has 2 aliphatic carbocycles. The molecule has 0 atom stereocenters. The summed E-state index contributed by atoms with van der Waals surface area (Å²) in [6.45, 7) is 0. The predicted octanol–water partition coefficient (Wildman–Crippen LogP) is 17.2. The summed E-state index contributed by atoms with van der Waals surface area (Å²) in [5.41, 5.74) is 19.5. The summed E-state index contributed by atoms with van der Waals surface area (Å²) in [7, 11) is 0. The lowest BCUT2D eigenvalue weighted by molar-refractivity contribution is 1.48. The van der Waals surface area contributed by atoms with Gasteiger partial charge in [-0.05, 0) is 180 Å². The Morgan fingerprint density at radius 2 is 0.470 bits per heavy atom. The van der Waals surface area contributed by atoms with E-state index in [-0.39, 0.29) is 0 Å². The summed E-state index contributed by atoms with van der Waals surface area (Å²) in [5, 5.41) is 32.8. The normalized spacial score (nSPS) is 11.9. The van der Waals surface area contributed by atoms with Crippen molar-refractivity contribution in [3.05, 3.63) is 217 Å². The molecule has 0 amide bonds. The number of benzene rings is 12.